The van der Waals surface area contributed by atoms with Gasteiger partial charge in [-0.2, -0.15) is 0 Å². The lowest BCUT2D eigenvalue weighted by atomic mass is 9.84. The van der Waals surface area contributed by atoms with E-state index in [0.717, 1.165) is 25.8 Å². The van der Waals surface area contributed by atoms with Crippen LogP contribution >= 0.6 is 0 Å². The van der Waals surface area contributed by atoms with Gasteiger partial charge in [-0.15, -0.1) is 0 Å². The summed E-state index contributed by atoms with van der Waals surface area (Å²) in [6, 6.07) is 6.24. The number of carbonyl (C=O) groups excluding carboxylic acids is 1. The van der Waals surface area contributed by atoms with Gasteiger partial charge in [-0.3, -0.25) is 4.79 Å². The minimum atomic E-state index is -0.255. The molecular weight excluding hydrogens is 222 g/mol. The molecule has 0 bridgehead atoms. The summed E-state index contributed by atoms with van der Waals surface area (Å²) in [5.41, 5.74) is 3.42. The topological polar surface area (TPSA) is 29.1 Å². The van der Waals surface area contributed by atoms with Crippen molar-refractivity contribution < 1.29 is 4.79 Å². The van der Waals surface area contributed by atoms with E-state index in [2.05, 4.69) is 44.3 Å². The Morgan fingerprint density at radius 1 is 1.33 bits per heavy atom. The van der Waals surface area contributed by atoms with Crippen LogP contribution in [0, 0.1) is 13.8 Å². The molecule has 1 aliphatic rings. The molecule has 1 aromatic rings. The van der Waals surface area contributed by atoms with Crippen molar-refractivity contribution in [2.45, 2.75) is 52.0 Å². The van der Waals surface area contributed by atoms with E-state index in [4.69, 9.17) is 0 Å². The third kappa shape index (κ3) is 2.35. The van der Waals surface area contributed by atoms with E-state index in [1.54, 1.807) is 0 Å². The number of rotatable bonds is 4. The van der Waals surface area contributed by atoms with Crippen molar-refractivity contribution in [2.75, 3.05) is 6.54 Å². The van der Waals surface area contributed by atoms with Crippen molar-refractivity contribution in [3.05, 3.63) is 34.9 Å². The van der Waals surface area contributed by atoms with Crippen molar-refractivity contribution >= 4 is 5.78 Å². The van der Waals surface area contributed by atoms with Crippen LogP contribution in [0.2, 0.25) is 0 Å². The van der Waals surface area contributed by atoms with Crippen LogP contribution < -0.4 is 5.32 Å². The predicted molar refractivity (Wildman–Crippen MR) is 74.9 cm³/mol. The lowest BCUT2D eigenvalue weighted by molar-refractivity contribution is -0.124. The summed E-state index contributed by atoms with van der Waals surface area (Å²) in [6.45, 7) is 7.28. The van der Waals surface area contributed by atoms with Crippen LogP contribution in [0.15, 0.2) is 18.2 Å². The van der Waals surface area contributed by atoms with E-state index in [0.29, 0.717) is 12.2 Å². The number of Topliss-reactive ketones (excluding diaryl/α,β-unsaturated/α-hetero) is 1. The molecule has 1 aromatic carbocycles. The van der Waals surface area contributed by atoms with Crippen molar-refractivity contribution in [1.82, 2.24) is 5.32 Å². The van der Waals surface area contributed by atoms with E-state index >= 15 is 0 Å². The maximum Gasteiger partial charge on any atom is 0.157 e. The van der Waals surface area contributed by atoms with Gasteiger partial charge in [-0.25, -0.2) is 0 Å². The molecule has 1 saturated heterocycles. The molecule has 1 atom stereocenters. The van der Waals surface area contributed by atoms with Crippen LogP contribution in [0.5, 0.6) is 0 Å². The van der Waals surface area contributed by atoms with Gasteiger partial charge in [0, 0.05) is 6.42 Å². The lowest BCUT2D eigenvalue weighted by Gasteiger charge is -2.27. The first-order chi connectivity index (χ1) is 8.59. The summed E-state index contributed by atoms with van der Waals surface area (Å²) in [5.74, 6) is 0.361. The molecule has 0 spiro atoms. The number of hydrogen-bond acceptors (Lipinski definition) is 2. The molecule has 1 fully saturated rings. The van der Waals surface area contributed by atoms with E-state index in [9.17, 15) is 4.79 Å². The summed E-state index contributed by atoms with van der Waals surface area (Å²) in [6.07, 6.45) is 3.58. The van der Waals surface area contributed by atoms with Gasteiger partial charge in [0.1, 0.15) is 0 Å². The molecule has 1 heterocycles. The van der Waals surface area contributed by atoms with Gasteiger partial charge in [0.15, 0.2) is 5.78 Å². The Labute approximate surface area is 110 Å². The lowest BCUT2D eigenvalue weighted by Crippen LogP contribution is -2.47. The first-order valence-electron chi connectivity index (χ1n) is 6.92. The number of hydrogen-bond donors (Lipinski definition) is 1. The molecule has 2 rings (SSSR count). The Morgan fingerprint density at radius 3 is 2.50 bits per heavy atom. The smallest absolute Gasteiger partial charge is 0.157 e. The van der Waals surface area contributed by atoms with Gasteiger partial charge in [-0.05, 0) is 56.3 Å². The molecule has 0 saturated carbocycles. The first-order valence-corrected chi connectivity index (χ1v) is 6.92. The fourth-order valence-corrected chi connectivity index (χ4v) is 3.00. The minimum absolute atomic E-state index is 0.255. The summed E-state index contributed by atoms with van der Waals surface area (Å²) in [4.78, 5) is 12.6. The second-order valence-electron chi connectivity index (χ2n) is 5.44. The molecule has 2 heteroatoms. The molecule has 1 N–H and O–H groups in total. The highest BCUT2D eigenvalue weighted by Gasteiger charge is 2.38. The fourth-order valence-electron chi connectivity index (χ4n) is 3.00. The zero-order valence-corrected chi connectivity index (χ0v) is 11.7. The molecule has 0 radical (unpaired) electrons. The molecule has 1 unspecified atom stereocenters. The third-order valence-electron chi connectivity index (χ3n) is 4.36. The number of ketones is 1. The first kappa shape index (κ1) is 13.3. The van der Waals surface area contributed by atoms with Crippen LogP contribution in [-0.2, 0) is 11.2 Å². The Morgan fingerprint density at radius 2 is 2.00 bits per heavy atom. The predicted octanol–water partition coefficient (Wildman–Crippen LogP) is 2.95. The average molecular weight is 245 g/mol. The molecule has 98 valence electrons. The molecule has 0 aromatic heterocycles. The Kier molecular flexibility index (Phi) is 3.86. The van der Waals surface area contributed by atoms with Gasteiger partial charge < -0.3 is 5.32 Å². The average Bonchev–Trinajstić information content (AvgIpc) is 2.84. The maximum absolute atomic E-state index is 12.6. The van der Waals surface area contributed by atoms with Crippen LogP contribution in [0.25, 0.3) is 0 Å². The van der Waals surface area contributed by atoms with Gasteiger partial charge in [0.2, 0.25) is 0 Å². The largest absolute Gasteiger partial charge is 0.305 e. The van der Waals surface area contributed by atoms with Crippen LogP contribution in [0.4, 0.5) is 0 Å². The zero-order chi connectivity index (χ0) is 13.2. The van der Waals surface area contributed by atoms with Gasteiger partial charge in [0.25, 0.3) is 0 Å². The Hall–Kier alpha value is -1.15. The van der Waals surface area contributed by atoms with Gasteiger partial charge in [0.05, 0.1) is 5.54 Å². The Bertz CT molecular complexity index is 424. The van der Waals surface area contributed by atoms with E-state index in [1.807, 2.05) is 0 Å². The fraction of sp³-hybridized carbons (Fsp3) is 0.562. The summed E-state index contributed by atoms with van der Waals surface area (Å²) < 4.78 is 0. The molecular formula is C16H23NO. The molecule has 0 aliphatic carbocycles. The second-order valence-corrected chi connectivity index (χ2v) is 5.44. The number of carbonyl (C=O) groups is 1. The Balaban J connectivity index is 2.21. The maximum atomic E-state index is 12.6. The van der Waals surface area contributed by atoms with Crippen molar-refractivity contribution in [1.29, 1.82) is 0 Å². The second kappa shape index (κ2) is 5.23. The monoisotopic (exact) mass is 245 g/mol. The molecule has 18 heavy (non-hydrogen) atoms. The summed E-state index contributed by atoms with van der Waals surface area (Å²) in [5, 5.41) is 3.43. The number of nitrogens with one attached hydrogen (secondary N) is 1. The molecule has 1 aliphatic heterocycles. The van der Waals surface area contributed by atoms with Crippen molar-refractivity contribution in [2.24, 2.45) is 0 Å². The van der Waals surface area contributed by atoms with Crippen LogP contribution in [0.3, 0.4) is 0 Å². The standard InChI is InChI=1S/C16H23NO/c1-4-16(9-6-10-17-16)15(18)11-14-12(2)7-5-8-13(14)3/h5,7-8,17H,4,6,9-11H2,1-3H3. The molecule has 0 amide bonds. The number of benzene rings is 1. The number of aryl methyl sites for hydroxylation is 2. The van der Waals surface area contributed by atoms with Gasteiger partial charge >= 0.3 is 0 Å². The van der Waals surface area contributed by atoms with E-state index in [-0.39, 0.29) is 5.54 Å². The zero-order valence-electron chi connectivity index (χ0n) is 11.7. The van der Waals surface area contributed by atoms with Crippen LogP contribution in [-0.4, -0.2) is 17.9 Å². The van der Waals surface area contributed by atoms with Crippen molar-refractivity contribution in [3.63, 3.8) is 0 Å². The summed E-state index contributed by atoms with van der Waals surface area (Å²) in [7, 11) is 0. The van der Waals surface area contributed by atoms with Gasteiger partial charge in [-0.1, -0.05) is 25.1 Å². The van der Waals surface area contributed by atoms with Crippen LogP contribution in [0.1, 0.15) is 42.9 Å². The highest BCUT2D eigenvalue weighted by molar-refractivity contribution is 5.91. The highest BCUT2D eigenvalue weighted by atomic mass is 16.1. The van der Waals surface area contributed by atoms with E-state index < -0.39 is 0 Å². The molecule has 2 nitrogen and oxygen atoms in total. The normalized spacial score (nSPS) is 23.3. The van der Waals surface area contributed by atoms with Crippen molar-refractivity contribution in [3.8, 4) is 0 Å². The van der Waals surface area contributed by atoms with E-state index in [1.165, 1.54) is 16.7 Å². The SMILES string of the molecule is CCC1(C(=O)Cc2c(C)cccc2C)CCCN1. The third-order valence-corrected chi connectivity index (χ3v) is 4.36. The quantitative estimate of drug-likeness (QED) is 0.883. The highest BCUT2D eigenvalue weighted by Crippen LogP contribution is 2.26. The summed E-state index contributed by atoms with van der Waals surface area (Å²) >= 11 is 0. The minimum Gasteiger partial charge on any atom is -0.305 e.